The average molecular weight is 585 g/mol. The largest absolute Gasteiger partial charge is 2.00 e. The maximum absolute atomic E-state index is 11.0. The van der Waals surface area contributed by atoms with Crippen LogP contribution in [0, 0.1) is 0 Å². The Morgan fingerprint density at radius 1 is 0.675 bits per heavy atom. The Kier molecular flexibility index (Phi) is 16.9. The van der Waals surface area contributed by atoms with Crippen molar-refractivity contribution in [2.75, 3.05) is 0 Å². The van der Waals surface area contributed by atoms with Gasteiger partial charge in [-0.25, -0.2) is 0 Å². The molecule has 0 radical (unpaired) electrons. The molecule has 0 aliphatic rings. The molecule has 0 aliphatic heterocycles. The number of para-hydroxylation sites is 1. The van der Waals surface area contributed by atoms with E-state index in [1.165, 1.54) is 28.3 Å². The Morgan fingerprint density at radius 3 is 1.80 bits per heavy atom. The molecule has 0 atom stereocenters. The van der Waals surface area contributed by atoms with Crippen LogP contribution in [0.15, 0.2) is 64.6 Å². The molecule has 0 spiro atoms. The van der Waals surface area contributed by atoms with Crippen molar-refractivity contribution in [3.05, 3.63) is 82.4 Å². The molecule has 3 aromatic rings. The molecule has 40 heavy (non-hydrogen) atoms. The third-order valence-electron chi connectivity index (χ3n) is 6.90. The zero-order valence-corrected chi connectivity index (χ0v) is 26.2. The predicted molar refractivity (Wildman–Crippen MR) is 164 cm³/mol. The van der Waals surface area contributed by atoms with E-state index < -0.39 is 5.75 Å². The van der Waals surface area contributed by atoms with Crippen LogP contribution in [-0.2, 0) is 48.6 Å². The van der Waals surface area contributed by atoms with Gasteiger partial charge in [-0.1, -0.05) is 90.3 Å². The van der Waals surface area contributed by atoms with Crippen molar-refractivity contribution in [3.63, 3.8) is 0 Å². The van der Waals surface area contributed by atoms with E-state index in [0.717, 1.165) is 68.5 Å². The second kappa shape index (κ2) is 19.2. The topological polar surface area (TPSA) is 70.8 Å². The molecule has 0 bridgehead atoms. The Hall–Kier alpha value is -2.91. The standard InChI is InChI=1S/C26H36N2.C9H12O2.Ni/c1-6-11-12-26(28-25-16-14-21(8-3)23(10-5)18-25)19-27-24-15-13-20(7-2)22(9-4)17-24;1-2-4-7-5-3-6-8(10)9(7)11;/h13-19H,6-12H2,1-5H3;3,5-6,10-11H,2,4H2,1H3;/q;;+2/p-2. The zero-order chi connectivity index (χ0) is 28.6. The first-order valence-electron chi connectivity index (χ1n) is 14.7. The van der Waals surface area contributed by atoms with Gasteiger partial charge >= 0.3 is 16.5 Å². The molecule has 0 heterocycles. The Bertz CT molecular complexity index is 1230. The fourth-order valence-corrected chi connectivity index (χ4v) is 4.57. The van der Waals surface area contributed by atoms with E-state index in [9.17, 15) is 10.2 Å². The molecular formula is C35H46N2NiO2. The molecule has 0 saturated carbocycles. The van der Waals surface area contributed by atoms with Gasteiger partial charge in [-0.2, -0.15) is 0 Å². The second-order valence-electron chi connectivity index (χ2n) is 9.78. The minimum absolute atomic E-state index is 0. The number of aryl methyl sites for hydroxylation is 5. The van der Waals surface area contributed by atoms with Gasteiger partial charge in [0.25, 0.3) is 0 Å². The SMILES string of the molecule is CCCCC(C=Nc1ccc(CC)c(CC)c1)=Nc1ccc(CC)c(CC)c1.CCCc1cccc([O-])c1[O-].[Ni+2]. The average Bonchev–Trinajstić information content (AvgIpc) is 2.97. The van der Waals surface area contributed by atoms with Gasteiger partial charge in [-0.3, -0.25) is 9.98 Å². The predicted octanol–water partition coefficient (Wildman–Crippen LogP) is 8.39. The van der Waals surface area contributed by atoms with Crippen LogP contribution in [0.1, 0.15) is 95.0 Å². The normalized spacial score (nSPS) is 11.2. The Morgan fingerprint density at radius 2 is 1.25 bits per heavy atom. The van der Waals surface area contributed by atoms with Gasteiger partial charge < -0.3 is 10.2 Å². The molecule has 0 N–H and O–H groups in total. The fraction of sp³-hybridized carbons (Fsp3) is 0.429. The van der Waals surface area contributed by atoms with Crippen LogP contribution in [0.2, 0.25) is 0 Å². The molecule has 0 saturated heterocycles. The summed E-state index contributed by atoms with van der Waals surface area (Å²) in [5, 5.41) is 21.8. The van der Waals surface area contributed by atoms with Crippen molar-refractivity contribution in [3.8, 4) is 11.5 Å². The second-order valence-corrected chi connectivity index (χ2v) is 9.78. The first kappa shape index (κ1) is 35.1. The van der Waals surface area contributed by atoms with Crippen LogP contribution < -0.4 is 10.2 Å². The van der Waals surface area contributed by atoms with Crippen LogP contribution >= 0.6 is 0 Å². The van der Waals surface area contributed by atoms with Gasteiger partial charge in [0.15, 0.2) is 0 Å². The summed E-state index contributed by atoms with van der Waals surface area (Å²) in [6.45, 7) is 13.1. The summed E-state index contributed by atoms with van der Waals surface area (Å²) in [5.74, 6) is -0.731. The summed E-state index contributed by atoms with van der Waals surface area (Å²) < 4.78 is 0. The number of hydrogen-bond acceptors (Lipinski definition) is 4. The number of aliphatic imine (C=N–C) groups is 2. The number of benzene rings is 3. The van der Waals surface area contributed by atoms with Crippen molar-refractivity contribution >= 4 is 23.3 Å². The molecule has 0 aliphatic carbocycles. The molecule has 4 nitrogen and oxygen atoms in total. The fourth-order valence-electron chi connectivity index (χ4n) is 4.57. The van der Waals surface area contributed by atoms with E-state index in [-0.39, 0.29) is 22.2 Å². The maximum Gasteiger partial charge on any atom is 2.00 e. The van der Waals surface area contributed by atoms with Crippen molar-refractivity contribution in [2.24, 2.45) is 9.98 Å². The monoisotopic (exact) mass is 584 g/mol. The third-order valence-corrected chi connectivity index (χ3v) is 6.90. The van der Waals surface area contributed by atoms with Crippen molar-refractivity contribution in [1.29, 1.82) is 0 Å². The summed E-state index contributed by atoms with van der Waals surface area (Å²) in [4.78, 5) is 9.70. The van der Waals surface area contributed by atoms with E-state index in [1.54, 1.807) is 12.1 Å². The molecule has 0 fully saturated rings. The summed E-state index contributed by atoms with van der Waals surface area (Å²) in [5.41, 5.74) is 9.41. The zero-order valence-electron chi connectivity index (χ0n) is 25.2. The van der Waals surface area contributed by atoms with Crippen LogP contribution in [0.4, 0.5) is 11.4 Å². The van der Waals surface area contributed by atoms with E-state index in [4.69, 9.17) is 9.98 Å². The minimum atomic E-state index is -0.393. The van der Waals surface area contributed by atoms with Crippen LogP contribution in [-0.4, -0.2) is 11.9 Å². The van der Waals surface area contributed by atoms with Gasteiger partial charge in [0.05, 0.1) is 17.1 Å². The third kappa shape index (κ3) is 10.9. The smallest absolute Gasteiger partial charge is 0.873 e. The molecular weight excluding hydrogens is 539 g/mol. The summed E-state index contributed by atoms with van der Waals surface area (Å²) in [6.07, 6.45) is 11.1. The first-order valence-corrected chi connectivity index (χ1v) is 14.7. The summed E-state index contributed by atoms with van der Waals surface area (Å²) in [7, 11) is 0. The molecule has 218 valence electrons. The van der Waals surface area contributed by atoms with Crippen molar-refractivity contribution in [1.82, 2.24) is 0 Å². The van der Waals surface area contributed by atoms with Crippen molar-refractivity contribution < 1.29 is 26.7 Å². The number of rotatable bonds is 12. The molecule has 3 rings (SSSR count). The van der Waals surface area contributed by atoms with Crippen LogP contribution in [0.25, 0.3) is 0 Å². The van der Waals surface area contributed by atoms with E-state index in [2.05, 4.69) is 71.0 Å². The van der Waals surface area contributed by atoms with E-state index in [1.807, 2.05) is 13.1 Å². The first-order chi connectivity index (χ1) is 18.9. The Labute approximate surface area is 252 Å². The van der Waals surface area contributed by atoms with Gasteiger partial charge in [0, 0.05) is 6.21 Å². The van der Waals surface area contributed by atoms with Crippen molar-refractivity contribution in [2.45, 2.75) is 99.3 Å². The van der Waals surface area contributed by atoms with Gasteiger partial charge in [-0.15, -0.1) is 11.5 Å². The number of unbranched alkanes of at least 4 members (excludes halogenated alkanes) is 1. The molecule has 0 unspecified atom stereocenters. The molecule has 3 aromatic carbocycles. The van der Waals surface area contributed by atoms with Gasteiger partial charge in [-0.05, 0) is 91.5 Å². The molecule has 5 heteroatoms. The molecule has 0 amide bonds. The minimum Gasteiger partial charge on any atom is -0.873 e. The Balaban J connectivity index is 0.000000559. The summed E-state index contributed by atoms with van der Waals surface area (Å²) >= 11 is 0. The van der Waals surface area contributed by atoms with Gasteiger partial charge in [0.2, 0.25) is 0 Å². The van der Waals surface area contributed by atoms with Crippen LogP contribution in [0.5, 0.6) is 11.5 Å². The number of nitrogens with zero attached hydrogens (tertiary/aromatic N) is 2. The van der Waals surface area contributed by atoms with Crippen LogP contribution in [0.3, 0.4) is 0 Å². The number of hydrogen-bond donors (Lipinski definition) is 0. The quantitative estimate of drug-likeness (QED) is 0.158. The molecule has 0 aromatic heterocycles. The van der Waals surface area contributed by atoms with E-state index in [0.29, 0.717) is 12.0 Å². The van der Waals surface area contributed by atoms with E-state index >= 15 is 0 Å². The summed E-state index contributed by atoms with van der Waals surface area (Å²) in [6, 6.07) is 17.8. The maximum atomic E-state index is 11.0. The van der Waals surface area contributed by atoms with Gasteiger partial charge in [0.1, 0.15) is 0 Å².